The molecule has 0 bridgehead atoms. The molecule has 3 nitrogen and oxygen atoms in total. The van der Waals surface area contributed by atoms with E-state index in [1.165, 1.54) is 0 Å². The fourth-order valence-corrected chi connectivity index (χ4v) is 0.392. The standard InChI is InChI=1S/C5H13NO2/c1-4(3-6)8-5(2)7/h4-5,7H,3,6H2,1-2H3. The van der Waals surface area contributed by atoms with E-state index in [1.807, 2.05) is 6.92 Å². The lowest BCUT2D eigenvalue weighted by atomic mass is 10.4. The first-order valence-corrected chi connectivity index (χ1v) is 2.70. The second-order valence-corrected chi connectivity index (χ2v) is 1.78. The van der Waals surface area contributed by atoms with Crippen molar-refractivity contribution in [3.05, 3.63) is 0 Å². The van der Waals surface area contributed by atoms with E-state index < -0.39 is 6.29 Å². The molecule has 8 heavy (non-hydrogen) atoms. The summed E-state index contributed by atoms with van der Waals surface area (Å²) in [7, 11) is 0. The fraction of sp³-hybridized carbons (Fsp3) is 1.00. The van der Waals surface area contributed by atoms with Crippen molar-refractivity contribution in [2.75, 3.05) is 6.54 Å². The Morgan fingerprint density at radius 1 is 1.62 bits per heavy atom. The fourth-order valence-electron chi connectivity index (χ4n) is 0.392. The highest BCUT2D eigenvalue weighted by Gasteiger charge is 2.00. The Balaban J connectivity index is 3.10. The van der Waals surface area contributed by atoms with Crippen molar-refractivity contribution >= 4 is 0 Å². The Labute approximate surface area is 49.4 Å². The van der Waals surface area contributed by atoms with Crippen LogP contribution in [0.3, 0.4) is 0 Å². The van der Waals surface area contributed by atoms with Crippen molar-refractivity contribution in [2.45, 2.75) is 26.2 Å². The minimum Gasteiger partial charge on any atom is -0.368 e. The number of aliphatic hydroxyl groups excluding tert-OH is 1. The zero-order valence-corrected chi connectivity index (χ0v) is 5.29. The highest BCUT2D eigenvalue weighted by atomic mass is 16.6. The van der Waals surface area contributed by atoms with Crippen LogP contribution in [0.5, 0.6) is 0 Å². The van der Waals surface area contributed by atoms with Crippen molar-refractivity contribution in [3.8, 4) is 0 Å². The van der Waals surface area contributed by atoms with Crippen LogP contribution in [-0.4, -0.2) is 24.0 Å². The molecule has 50 valence electrons. The average molecular weight is 119 g/mol. The molecule has 0 aliphatic rings. The van der Waals surface area contributed by atoms with Crippen LogP contribution in [0.4, 0.5) is 0 Å². The number of nitrogens with two attached hydrogens (primary N) is 1. The first kappa shape index (κ1) is 7.88. The van der Waals surface area contributed by atoms with E-state index in [4.69, 9.17) is 15.6 Å². The van der Waals surface area contributed by atoms with Crippen molar-refractivity contribution in [1.29, 1.82) is 0 Å². The Morgan fingerprint density at radius 3 is 2.25 bits per heavy atom. The maximum atomic E-state index is 8.58. The summed E-state index contributed by atoms with van der Waals surface area (Å²) in [5.41, 5.74) is 5.18. The maximum absolute atomic E-state index is 8.58. The molecule has 0 spiro atoms. The smallest absolute Gasteiger partial charge is 0.152 e. The molecule has 0 aromatic rings. The molecular weight excluding hydrogens is 106 g/mol. The van der Waals surface area contributed by atoms with Gasteiger partial charge in [0.2, 0.25) is 0 Å². The van der Waals surface area contributed by atoms with Crippen molar-refractivity contribution in [3.63, 3.8) is 0 Å². The number of aliphatic hydroxyl groups is 1. The second kappa shape index (κ2) is 3.83. The predicted molar refractivity (Wildman–Crippen MR) is 31.3 cm³/mol. The van der Waals surface area contributed by atoms with Crippen LogP contribution in [0.25, 0.3) is 0 Å². The van der Waals surface area contributed by atoms with Gasteiger partial charge in [0.1, 0.15) is 0 Å². The first-order valence-electron chi connectivity index (χ1n) is 2.70. The molecule has 0 rings (SSSR count). The molecule has 0 aromatic heterocycles. The summed E-state index contributed by atoms with van der Waals surface area (Å²) in [5, 5.41) is 8.58. The minimum absolute atomic E-state index is 0.0463. The molecule has 3 N–H and O–H groups in total. The summed E-state index contributed by atoms with van der Waals surface area (Å²) in [6, 6.07) is 0. The van der Waals surface area contributed by atoms with E-state index in [-0.39, 0.29) is 6.10 Å². The molecular formula is C5H13NO2. The molecule has 0 amide bonds. The lowest BCUT2D eigenvalue weighted by Crippen LogP contribution is -2.24. The third kappa shape index (κ3) is 4.05. The van der Waals surface area contributed by atoms with Crippen LogP contribution in [0.1, 0.15) is 13.8 Å². The van der Waals surface area contributed by atoms with Crippen LogP contribution >= 0.6 is 0 Å². The zero-order chi connectivity index (χ0) is 6.57. The second-order valence-electron chi connectivity index (χ2n) is 1.78. The first-order chi connectivity index (χ1) is 3.66. The van der Waals surface area contributed by atoms with Gasteiger partial charge in [-0.1, -0.05) is 0 Å². The largest absolute Gasteiger partial charge is 0.368 e. The quantitative estimate of drug-likeness (QED) is 0.501. The number of ether oxygens (including phenoxy) is 1. The van der Waals surface area contributed by atoms with Gasteiger partial charge in [0.05, 0.1) is 6.10 Å². The van der Waals surface area contributed by atoms with Gasteiger partial charge in [0.15, 0.2) is 6.29 Å². The van der Waals surface area contributed by atoms with Gasteiger partial charge < -0.3 is 15.6 Å². The van der Waals surface area contributed by atoms with Gasteiger partial charge in [-0.25, -0.2) is 0 Å². The summed E-state index contributed by atoms with van der Waals surface area (Å²) in [4.78, 5) is 0. The van der Waals surface area contributed by atoms with Crippen LogP contribution in [-0.2, 0) is 4.74 Å². The van der Waals surface area contributed by atoms with Crippen molar-refractivity contribution in [2.24, 2.45) is 5.73 Å². The molecule has 0 radical (unpaired) electrons. The van der Waals surface area contributed by atoms with Gasteiger partial charge in [-0.05, 0) is 13.8 Å². The molecule has 0 saturated carbocycles. The van der Waals surface area contributed by atoms with Crippen molar-refractivity contribution < 1.29 is 9.84 Å². The number of hydrogen-bond donors (Lipinski definition) is 2. The summed E-state index contributed by atoms with van der Waals surface area (Å²) < 4.78 is 4.83. The minimum atomic E-state index is -0.700. The van der Waals surface area contributed by atoms with E-state index in [0.717, 1.165) is 0 Å². The Morgan fingerprint density at radius 2 is 2.12 bits per heavy atom. The Hall–Kier alpha value is -0.120. The normalized spacial score (nSPS) is 18.0. The van der Waals surface area contributed by atoms with E-state index in [0.29, 0.717) is 6.54 Å². The summed E-state index contributed by atoms with van der Waals surface area (Å²) in [6.45, 7) is 3.82. The molecule has 0 aliphatic carbocycles. The average Bonchev–Trinajstić information content (AvgIpc) is 1.65. The lowest BCUT2D eigenvalue weighted by molar-refractivity contribution is -0.114. The van der Waals surface area contributed by atoms with Crippen LogP contribution in [0.2, 0.25) is 0 Å². The van der Waals surface area contributed by atoms with E-state index in [1.54, 1.807) is 6.92 Å². The van der Waals surface area contributed by atoms with Gasteiger partial charge in [-0.2, -0.15) is 0 Å². The van der Waals surface area contributed by atoms with E-state index >= 15 is 0 Å². The number of rotatable bonds is 3. The van der Waals surface area contributed by atoms with E-state index in [9.17, 15) is 0 Å². The van der Waals surface area contributed by atoms with Gasteiger partial charge >= 0.3 is 0 Å². The van der Waals surface area contributed by atoms with Crippen LogP contribution < -0.4 is 5.73 Å². The number of hydrogen-bond acceptors (Lipinski definition) is 3. The van der Waals surface area contributed by atoms with Gasteiger partial charge in [0, 0.05) is 6.54 Å². The van der Waals surface area contributed by atoms with Crippen molar-refractivity contribution in [1.82, 2.24) is 0 Å². The topological polar surface area (TPSA) is 55.5 Å². The molecule has 0 saturated heterocycles. The predicted octanol–water partition coefficient (Wildman–Crippen LogP) is -0.312. The lowest BCUT2D eigenvalue weighted by Gasteiger charge is -2.11. The highest BCUT2D eigenvalue weighted by molar-refractivity contribution is 4.47. The molecule has 0 heterocycles. The maximum Gasteiger partial charge on any atom is 0.152 e. The van der Waals surface area contributed by atoms with Crippen LogP contribution in [0.15, 0.2) is 0 Å². The van der Waals surface area contributed by atoms with Gasteiger partial charge in [-0.15, -0.1) is 0 Å². The SMILES string of the molecule is CC(O)OC(C)CN. The molecule has 3 heteroatoms. The highest BCUT2D eigenvalue weighted by Crippen LogP contribution is 1.90. The van der Waals surface area contributed by atoms with E-state index in [2.05, 4.69) is 0 Å². The summed E-state index contributed by atoms with van der Waals surface area (Å²) >= 11 is 0. The van der Waals surface area contributed by atoms with Crippen LogP contribution in [0, 0.1) is 0 Å². The molecule has 2 unspecified atom stereocenters. The Bertz CT molecular complexity index is 56.4. The summed E-state index contributed by atoms with van der Waals surface area (Å²) in [5.74, 6) is 0. The third-order valence-corrected chi connectivity index (χ3v) is 0.761. The van der Waals surface area contributed by atoms with Gasteiger partial charge in [0.25, 0.3) is 0 Å². The molecule has 2 atom stereocenters. The molecule has 0 fully saturated rings. The zero-order valence-electron chi connectivity index (χ0n) is 5.29. The molecule has 0 aromatic carbocycles. The monoisotopic (exact) mass is 119 g/mol. The molecule has 0 aliphatic heterocycles. The Kier molecular flexibility index (Phi) is 3.77. The summed E-state index contributed by atoms with van der Waals surface area (Å²) in [6.07, 6.45) is -0.747. The third-order valence-electron chi connectivity index (χ3n) is 0.761. The van der Waals surface area contributed by atoms with Gasteiger partial charge in [-0.3, -0.25) is 0 Å².